The molecule has 0 aliphatic rings. The van der Waals surface area contributed by atoms with Crippen LogP contribution >= 0.6 is 11.3 Å². The molecule has 3 rings (SSSR count). The lowest BCUT2D eigenvalue weighted by atomic mass is 10.2. The molecule has 3 aromatic rings. The molecule has 2 aromatic heterocycles. The van der Waals surface area contributed by atoms with Gasteiger partial charge in [0.25, 0.3) is 5.91 Å². The van der Waals surface area contributed by atoms with Gasteiger partial charge in [-0.05, 0) is 31.2 Å². The van der Waals surface area contributed by atoms with E-state index in [1.807, 2.05) is 6.92 Å². The van der Waals surface area contributed by atoms with E-state index in [9.17, 15) is 4.79 Å². The number of nitrogens with two attached hydrogens (primary N) is 1. The molecule has 128 valence electrons. The van der Waals surface area contributed by atoms with Crippen molar-refractivity contribution in [2.75, 3.05) is 25.1 Å². The van der Waals surface area contributed by atoms with E-state index >= 15 is 0 Å². The van der Waals surface area contributed by atoms with Gasteiger partial charge in [-0.2, -0.15) is 4.98 Å². The van der Waals surface area contributed by atoms with Crippen LogP contribution in [0.2, 0.25) is 0 Å². The number of nitrogen functional groups attached to an aromatic ring is 1. The highest BCUT2D eigenvalue weighted by molar-refractivity contribution is 7.14. The maximum atomic E-state index is 11.9. The van der Waals surface area contributed by atoms with Crippen LogP contribution in [-0.2, 0) is 0 Å². The molecule has 2 heterocycles. The van der Waals surface area contributed by atoms with Gasteiger partial charge in [0.2, 0.25) is 5.95 Å². The molecule has 0 aliphatic heterocycles. The third kappa shape index (κ3) is 3.72. The SMILES string of the molecule is Cc1nnc(-c2cnc(Nc3ccc(C(=O)N(C)C)cc3)nc2N)s1. The first-order valence-electron chi connectivity index (χ1n) is 7.46. The van der Waals surface area contributed by atoms with Gasteiger partial charge in [-0.15, -0.1) is 10.2 Å². The molecule has 3 N–H and O–H groups in total. The number of anilines is 3. The highest BCUT2D eigenvalue weighted by Gasteiger charge is 2.12. The summed E-state index contributed by atoms with van der Waals surface area (Å²) in [6, 6.07) is 7.06. The molecule has 0 saturated heterocycles. The van der Waals surface area contributed by atoms with Crippen LogP contribution in [0.15, 0.2) is 30.5 Å². The standard InChI is InChI=1S/C16H17N7OS/c1-9-21-22-14(25-9)12-8-18-16(20-13(12)17)19-11-6-4-10(5-7-11)15(24)23(2)3/h4-8H,1-3H3,(H3,17,18,19,20). The van der Waals surface area contributed by atoms with Gasteiger partial charge >= 0.3 is 0 Å². The van der Waals surface area contributed by atoms with E-state index in [1.165, 1.54) is 16.2 Å². The van der Waals surface area contributed by atoms with E-state index in [-0.39, 0.29) is 5.91 Å². The average molecular weight is 355 g/mol. The monoisotopic (exact) mass is 355 g/mol. The maximum absolute atomic E-state index is 11.9. The third-order valence-electron chi connectivity index (χ3n) is 3.37. The number of hydrogen-bond acceptors (Lipinski definition) is 8. The number of rotatable bonds is 4. The Morgan fingerprint density at radius 3 is 2.48 bits per heavy atom. The van der Waals surface area contributed by atoms with Crippen molar-refractivity contribution in [2.24, 2.45) is 0 Å². The zero-order valence-corrected chi connectivity index (χ0v) is 14.8. The summed E-state index contributed by atoms with van der Waals surface area (Å²) in [7, 11) is 3.43. The second kappa shape index (κ2) is 6.81. The summed E-state index contributed by atoms with van der Waals surface area (Å²) < 4.78 is 0. The van der Waals surface area contributed by atoms with Crippen LogP contribution in [0.4, 0.5) is 17.5 Å². The minimum atomic E-state index is -0.0521. The van der Waals surface area contributed by atoms with Crippen molar-refractivity contribution in [3.63, 3.8) is 0 Å². The van der Waals surface area contributed by atoms with Gasteiger partial charge in [0.1, 0.15) is 10.8 Å². The van der Waals surface area contributed by atoms with Crippen molar-refractivity contribution in [1.82, 2.24) is 25.1 Å². The van der Waals surface area contributed by atoms with Crippen molar-refractivity contribution in [3.05, 3.63) is 41.0 Å². The first kappa shape index (κ1) is 16.8. The van der Waals surface area contributed by atoms with Crippen LogP contribution in [0, 0.1) is 6.92 Å². The lowest BCUT2D eigenvalue weighted by Crippen LogP contribution is -2.21. The molecule has 8 nitrogen and oxygen atoms in total. The number of carbonyl (C=O) groups is 1. The van der Waals surface area contributed by atoms with Crippen molar-refractivity contribution >= 4 is 34.7 Å². The molecule has 0 unspecified atom stereocenters. The Bertz CT molecular complexity index is 905. The number of aromatic nitrogens is 4. The molecule has 9 heteroatoms. The summed E-state index contributed by atoms with van der Waals surface area (Å²) in [4.78, 5) is 21.9. The highest BCUT2D eigenvalue weighted by atomic mass is 32.1. The second-order valence-electron chi connectivity index (χ2n) is 5.52. The highest BCUT2D eigenvalue weighted by Crippen LogP contribution is 2.27. The molecule has 0 saturated carbocycles. The van der Waals surface area contributed by atoms with Crippen molar-refractivity contribution in [1.29, 1.82) is 0 Å². The molecular formula is C16H17N7OS. The van der Waals surface area contributed by atoms with Crippen LogP contribution in [0.3, 0.4) is 0 Å². The smallest absolute Gasteiger partial charge is 0.253 e. The minimum Gasteiger partial charge on any atom is -0.383 e. The van der Waals surface area contributed by atoms with Gasteiger partial charge in [0, 0.05) is 31.5 Å². The number of hydrogen-bond donors (Lipinski definition) is 2. The van der Waals surface area contributed by atoms with Gasteiger partial charge in [0.05, 0.1) is 5.56 Å². The van der Waals surface area contributed by atoms with E-state index < -0.39 is 0 Å². The topological polar surface area (TPSA) is 110 Å². The van der Waals surface area contributed by atoms with Gasteiger partial charge in [-0.3, -0.25) is 4.79 Å². The fourth-order valence-electron chi connectivity index (χ4n) is 2.11. The Morgan fingerprint density at radius 2 is 1.92 bits per heavy atom. The summed E-state index contributed by atoms with van der Waals surface area (Å²) in [6.45, 7) is 1.87. The summed E-state index contributed by atoms with van der Waals surface area (Å²) in [5, 5.41) is 12.6. The fraction of sp³-hybridized carbons (Fsp3) is 0.188. The molecule has 0 aliphatic carbocycles. The van der Waals surface area contributed by atoms with Crippen molar-refractivity contribution in [3.8, 4) is 10.6 Å². The number of nitrogens with one attached hydrogen (secondary N) is 1. The lowest BCUT2D eigenvalue weighted by Gasteiger charge is -2.11. The van der Waals surface area contributed by atoms with Crippen LogP contribution in [0.25, 0.3) is 10.6 Å². The summed E-state index contributed by atoms with van der Waals surface area (Å²) in [5.41, 5.74) is 8.03. The third-order valence-corrected chi connectivity index (χ3v) is 4.24. The molecule has 25 heavy (non-hydrogen) atoms. The van der Waals surface area contributed by atoms with Gasteiger partial charge in [0.15, 0.2) is 5.01 Å². The molecule has 1 aromatic carbocycles. The van der Waals surface area contributed by atoms with Gasteiger partial charge < -0.3 is 16.0 Å². The predicted octanol–water partition coefficient (Wildman–Crippen LogP) is 2.33. The van der Waals surface area contributed by atoms with Crippen molar-refractivity contribution < 1.29 is 4.79 Å². The van der Waals surface area contributed by atoms with E-state index in [4.69, 9.17) is 5.73 Å². The van der Waals surface area contributed by atoms with Crippen LogP contribution in [0.1, 0.15) is 15.4 Å². The molecule has 0 spiro atoms. The van der Waals surface area contributed by atoms with E-state index in [0.29, 0.717) is 27.9 Å². The first-order valence-corrected chi connectivity index (χ1v) is 8.27. The first-order chi connectivity index (χ1) is 11.9. The maximum Gasteiger partial charge on any atom is 0.253 e. The van der Waals surface area contributed by atoms with E-state index in [2.05, 4.69) is 25.5 Å². The Morgan fingerprint density at radius 1 is 1.20 bits per heavy atom. The molecule has 0 fully saturated rings. The van der Waals surface area contributed by atoms with E-state index in [0.717, 1.165) is 10.7 Å². The summed E-state index contributed by atoms with van der Waals surface area (Å²) >= 11 is 1.43. The number of benzene rings is 1. The Kier molecular flexibility index (Phi) is 4.57. The van der Waals surface area contributed by atoms with E-state index in [1.54, 1.807) is 44.6 Å². The zero-order valence-electron chi connectivity index (χ0n) is 14.0. The van der Waals surface area contributed by atoms with Crippen molar-refractivity contribution in [2.45, 2.75) is 6.92 Å². The Labute approximate surface area is 148 Å². The zero-order chi connectivity index (χ0) is 18.0. The van der Waals surface area contributed by atoms with Crippen LogP contribution in [0.5, 0.6) is 0 Å². The Balaban J connectivity index is 1.77. The molecule has 0 atom stereocenters. The minimum absolute atomic E-state index is 0.0521. The molecular weight excluding hydrogens is 338 g/mol. The van der Waals surface area contributed by atoms with Gasteiger partial charge in [-0.25, -0.2) is 4.98 Å². The van der Waals surface area contributed by atoms with Crippen LogP contribution < -0.4 is 11.1 Å². The average Bonchev–Trinajstić information content (AvgIpc) is 3.01. The number of carbonyl (C=O) groups excluding carboxylic acids is 1. The number of aryl methyl sites for hydroxylation is 1. The molecule has 0 radical (unpaired) electrons. The summed E-state index contributed by atoms with van der Waals surface area (Å²) in [5.74, 6) is 0.644. The normalized spacial score (nSPS) is 10.5. The predicted molar refractivity (Wildman–Crippen MR) is 97.8 cm³/mol. The number of amides is 1. The quantitative estimate of drug-likeness (QED) is 0.739. The molecule has 0 bridgehead atoms. The van der Waals surface area contributed by atoms with Gasteiger partial charge in [-0.1, -0.05) is 11.3 Å². The number of nitrogens with zero attached hydrogens (tertiary/aromatic N) is 5. The molecule has 1 amide bonds. The summed E-state index contributed by atoms with van der Waals surface area (Å²) in [6.07, 6.45) is 1.62. The second-order valence-corrected chi connectivity index (χ2v) is 6.70. The van der Waals surface area contributed by atoms with Crippen LogP contribution in [-0.4, -0.2) is 45.1 Å². The Hall–Kier alpha value is -3.07. The fourth-order valence-corrected chi connectivity index (χ4v) is 2.82. The lowest BCUT2D eigenvalue weighted by molar-refractivity contribution is 0.0827. The largest absolute Gasteiger partial charge is 0.383 e.